The van der Waals surface area contributed by atoms with Crippen molar-refractivity contribution in [2.45, 2.75) is 19.9 Å². The second-order valence-corrected chi connectivity index (χ2v) is 5.34. The molecule has 0 spiro atoms. The molecule has 1 aliphatic rings. The zero-order chi connectivity index (χ0) is 14.8. The minimum Gasteiger partial charge on any atom is -0.338 e. The molecule has 2 aromatic rings. The topological polar surface area (TPSA) is 82.9 Å². The molecule has 2 aromatic heterocycles. The molecule has 1 saturated heterocycles. The van der Waals surface area contributed by atoms with E-state index in [2.05, 4.69) is 25.2 Å². The van der Waals surface area contributed by atoms with E-state index in [1.54, 1.807) is 16.9 Å². The molecule has 21 heavy (non-hydrogen) atoms. The number of H-pyrrole nitrogens is 1. The molecule has 0 aliphatic carbocycles. The molecule has 8 heteroatoms. The van der Waals surface area contributed by atoms with E-state index in [0.29, 0.717) is 18.8 Å². The summed E-state index contributed by atoms with van der Waals surface area (Å²) in [6.07, 6.45) is 3.17. The van der Waals surface area contributed by atoms with Crippen molar-refractivity contribution in [1.29, 1.82) is 0 Å². The number of piperazine rings is 1. The number of aromatic amines is 1. The van der Waals surface area contributed by atoms with Crippen LogP contribution >= 0.6 is 0 Å². The van der Waals surface area contributed by atoms with Crippen molar-refractivity contribution >= 4 is 11.9 Å². The van der Waals surface area contributed by atoms with Gasteiger partial charge < -0.3 is 9.80 Å². The van der Waals surface area contributed by atoms with E-state index in [-0.39, 0.29) is 11.9 Å². The molecule has 8 nitrogen and oxygen atoms in total. The van der Waals surface area contributed by atoms with Crippen LogP contribution < -0.4 is 4.90 Å². The molecular weight excluding hydrogens is 270 g/mol. The maximum Gasteiger partial charge on any atom is 0.272 e. The molecule has 1 amide bonds. The molecule has 0 bridgehead atoms. The highest BCUT2D eigenvalue weighted by atomic mass is 16.2. The summed E-state index contributed by atoms with van der Waals surface area (Å²) in [4.78, 5) is 20.7. The van der Waals surface area contributed by atoms with Gasteiger partial charge in [-0.1, -0.05) is 0 Å². The van der Waals surface area contributed by atoms with Gasteiger partial charge in [0.05, 0.1) is 0 Å². The number of rotatable bonds is 3. The van der Waals surface area contributed by atoms with Gasteiger partial charge in [-0.2, -0.15) is 15.2 Å². The van der Waals surface area contributed by atoms with Crippen LogP contribution in [0.5, 0.6) is 0 Å². The maximum absolute atomic E-state index is 12.6. The predicted octanol–water partition coefficient (Wildman–Crippen LogP) is 0.544. The first-order valence-electron chi connectivity index (χ1n) is 7.10. The van der Waals surface area contributed by atoms with Crippen LogP contribution in [0.4, 0.5) is 5.95 Å². The quantitative estimate of drug-likeness (QED) is 0.892. The highest BCUT2D eigenvalue weighted by molar-refractivity contribution is 5.92. The Hall–Kier alpha value is -2.38. The summed E-state index contributed by atoms with van der Waals surface area (Å²) in [6, 6.07) is 1.96. The SMILES string of the molecule is CC(C)n1nccc1C(=O)N1CCN(c2ncn[nH]2)CC1. The van der Waals surface area contributed by atoms with E-state index >= 15 is 0 Å². The average Bonchev–Trinajstić information content (AvgIpc) is 3.18. The Kier molecular flexibility index (Phi) is 3.59. The van der Waals surface area contributed by atoms with Crippen LogP contribution in [0, 0.1) is 0 Å². The van der Waals surface area contributed by atoms with E-state index in [0.717, 1.165) is 19.0 Å². The van der Waals surface area contributed by atoms with E-state index in [9.17, 15) is 4.79 Å². The minimum atomic E-state index is 0.0402. The fourth-order valence-corrected chi connectivity index (χ4v) is 2.53. The van der Waals surface area contributed by atoms with Gasteiger partial charge in [-0.3, -0.25) is 9.48 Å². The zero-order valence-corrected chi connectivity index (χ0v) is 12.2. The van der Waals surface area contributed by atoms with Crippen LogP contribution in [-0.2, 0) is 0 Å². The lowest BCUT2D eigenvalue weighted by Gasteiger charge is -2.34. The number of carbonyl (C=O) groups excluding carboxylic acids is 1. The monoisotopic (exact) mass is 289 g/mol. The largest absolute Gasteiger partial charge is 0.338 e. The van der Waals surface area contributed by atoms with Crippen LogP contribution in [0.1, 0.15) is 30.4 Å². The van der Waals surface area contributed by atoms with Gasteiger partial charge in [0.25, 0.3) is 5.91 Å². The molecule has 3 rings (SSSR count). The Bertz CT molecular complexity index is 596. The molecule has 0 atom stereocenters. The van der Waals surface area contributed by atoms with Gasteiger partial charge >= 0.3 is 0 Å². The minimum absolute atomic E-state index is 0.0402. The Morgan fingerprint density at radius 3 is 2.67 bits per heavy atom. The Morgan fingerprint density at radius 2 is 2.05 bits per heavy atom. The summed E-state index contributed by atoms with van der Waals surface area (Å²) in [6.45, 7) is 6.87. The molecule has 0 unspecified atom stereocenters. The smallest absolute Gasteiger partial charge is 0.272 e. The van der Waals surface area contributed by atoms with Crippen LogP contribution in [0.25, 0.3) is 0 Å². The number of nitrogens with one attached hydrogen (secondary N) is 1. The Morgan fingerprint density at radius 1 is 1.29 bits per heavy atom. The third kappa shape index (κ3) is 2.61. The lowest BCUT2D eigenvalue weighted by Crippen LogP contribution is -2.49. The summed E-state index contributed by atoms with van der Waals surface area (Å²) in [7, 11) is 0. The van der Waals surface area contributed by atoms with Crippen molar-refractivity contribution in [2.24, 2.45) is 0 Å². The second-order valence-electron chi connectivity index (χ2n) is 5.34. The van der Waals surface area contributed by atoms with E-state index < -0.39 is 0 Å². The fraction of sp³-hybridized carbons (Fsp3) is 0.538. The van der Waals surface area contributed by atoms with Crippen molar-refractivity contribution in [2.75, 3.05) is 31.1 Å². The number of anilines is 1. The highest BCUT2D eigenvalue weighted by Gasteiger charge is 2.25. The van der Waals surface area contributed by atoms with Crippen molar-refractivity contribution in [3.63, 3.8) is 0 Å². The average molecular weight is 289 g/mol. The summed E-state index contributed by atoms with van der Waals surface area (Å²) >= 11 is 0. The number of carbonyl (C=O) groups is 1. The Balaban J connectivity index is 1.66. The molecular formula is C13H19N7O. The fourth-order valence-electron chi connectivity index (χ4n) is 2.53. The third-order valence-corrected chi connectivity index (χ3v) is 3.65. The van der Waals surface area contributed by atoms with Crippen LogP contribution in [-0.4, -0.2) is 61.9 Å². The van der Waals surface area contributed by atoms with E-state index in [1.807, 2.05) is 18.7 Å². The van der Waals surface area contributed by atoms with Crippen LogP contribution in [0.3, 0.4) is 0 Å². The first kappa shape index (κ1) is 13.6. The number of hydrogen-bond acceptors (Lipinski definition) is 5. The number of amides is 1. The zero-order valence-electron chi connectivity index (χ0n) is 12.2. The molecule has 112 valence electrons. The first-order valence-corrected chi connectivity index (χ1v) is 7.10. The normalized spacial score (nSPS) is 15.8. The lowest BCUT2D eigenvalue weighted by atomic mass is 10.2. The predicted molar refractivity (Wildman–Crippen MR) is 77.1 cm³/mol. The van der Waals surface area contributed by atoms with Crippen molar-refractivity contribution in [3.8, 4) is 0 Å². The molecule has 0 saturated carbocycles. The Labute approximate surface area is 122 Å². The molecule has 1 aliphatic heterocycles. The van der Waals surface area contributed by atoms with E-state index in [1.165, 1.54) is 6.33 Å². The molecule has 0 aromatic carbocycles. The van der Waals surface area contributed by atoms with Gasteiger partial charge in [0.2, 0.25) is 5.95 Å². The summed E-state index contributed by atoms with van der Waals surface area (Å²) in [5.74, 6) is 0.799. The number of hydrogen-bond donors (Lipinski definition) is 1. The molecule has 3 heterocycles. The third-order valence-electron chi connectivity index (χ3n) is 3.65. The second kappa shape index (κ2) is 5.55. The molecule has 1 fully saturated rings. The maximum atomic E-state index is 12.6. The van der Waals surface area contributed by atoms with Gasteiger partial charge in [0.15, 0.2) is 0 Å². The summed E-state index contributed by atoms with van der Waals surface area (Å²) in [5, 5.41) is 10.9. The number of aromatic nitrogens is 5. The van der Waals surface area contributed by atoms with Gasteiger partial charge in [-0.25, -0.2) is 5.10 Å². The van der Waals surface area contributed by atoms with Gasteiger partial charge in [-0.05, 0) is 19.9 Å². The summed E-state index contributed by atoms with van der Waals surface area (Å²) in [5.41, 5.74) is 0.651. The van der Waals surface area contributed by atoms with Crippen LogP contribution in [0.2, 0.25) is 0 Å². The van der Waals surface area contributed by atoms with Gasteiger partial charge in [0.1, 0.15) is 12.0 Å². The highest BCUT2D eigenvalue weighted by Crippen LogP contribution is 2.14. The summed E-state index contributed by atoms with van der Waals surface area (Å²) < 4.78 is 1.77. The van der Waals surface area contributed by atoms with Crippen LogP contribution in [0.15, 0.2) is 18.6 Å². The number of nitrogens with zero attached hydrogens (tertiary/aromatic N) is 6. The van der Waals surface area contributed by atoms with Crippen molar-refractivity contribution < 1.29 is 4.79 Å². The lowest BCUT2D eigenvalue weighted by molar-refractivity contribution is 0.0731. The standard InChI is InChI=1S/C13H19N7O/c1-10(2)20-11(3-4-16-20)12(21)18-5-7-19(8-6-18)13-14-9-15-17-13/h3-4,9-10H,5-8H2,1-2H3,(H,14,15,17). The van der Waals surface area contributed by atoms with Gasteiger partial charge in [0, 0.05) is 38.4 Å². The van der Waals surface area contributed by atoms with Crippen molar-refractivity contribution in [3.05, 3.63) is 24.3 Å². The van der Waals surface area contributed by atoms with E-state index in [4.69, 9.17) is 0 Å². The first-order chi connectivity index (χ1) is 10.2. The van der Waals surface area contributed by atoms with Crippen molar-refractivity contribution in [1.82, 2.24) is 29.9 Å². The van der Waals surface area contributed by atoms with Gasteiger partial charge in [-0.15, -0.1) is 0 Å². The molecule has 0 radical (unpaired) electrons. The molecule has 1 N–H and O–H groups in total.